The van der Waals surface area contributed by atoms with Crippen molar-refractivity contribution in [2.24, 2.45) is 17.1 Å². The summed E-state index contributed by atoms with van der Waals surface area (Å²) in [6.45, 7) is 4.78. The van der Waals surface area contributed by atoms with Gasteiger partial charge in [0.1, 0.15) is 0 Å². The molecule has 2 aromatic rings. The molecule has 0 saturated carbocycles. The summed E-state index contributed by atoms with van der Waals surface area (Å²) >= 11 is 0. The number of nitrogens with one attached hydrogen (secondary N) is 1. The zero-order valence-electron chi connectivity index (χ0n) is 17.0. The maximum absolute atomic E-state index is 13.2. The van der Waals surface area contributed by atoms with E-state index >= 15 is 0 Å². The van der Waals surface area contributed by atoms with Crippen LogP contribution in [0.1, 0.15) is 47.8 Å². The van der Waals surface area contributed by atoms with E-state index in [9.17, 15) is 9.59 Å². The van der Waals surface area contributed by atoms with Crippen LogP contribution in [0.5, 0.6) is 0 Å². The van der Waals surface area contributed by atoms with Gasteiger partial charge in [-0.15, -0.1) is 0 Å². The largest absolute Gasteiger partial charge is 0.354 e. The van der Waals surface area contributed by atoms with Crippen molar-refractivity contribution in [3.63, 3.8) is 0 Å². The quantitative estimate of drug-likeness (QED) is 0.839. The number of fused-ring (bicyclic) bond motifs is 1. The summed E-state index contributed by atoms with van der Waals surface area (Å²) in [5, 5.41) is 3.06. The summed E-state index contributed by atoms with van der Waals surface area (Å²) in [5.41, 5.74) is 9.28. The van der Waals surface area contributed by atoms with Crippen molar-refractivity contribution in [3.8, 4) is 0 Å². The number of pyridine rings is 1. The maximum atomic E-state index is 13.2. The first-order valence-electron chi connectivity index (χ1n) is 10.3. The molecule has 1 spiro atoms. The number of nitrogens with two attached hydrogens (primary N) is 1. The molecule has 1 aromatic carbocycles. The second-order valence-electron chi connectivity index (χ2n) is 8.55. The molecule has 1 unspecified atom stereocenters. The summed E-state index contributed by atoms with van der Waals surface area (Å²) in [6.07, 6.45) is 4.89. The summed E-state index contributed by atoms with van der Waals surface area (Å²) < 4.78 is 0. The van der Waals surface area contributed by atoms with Crippen LogP contribution in [0, 0.1) is 11.3 Å². The molecule has 1 aliphatic heterocycles. The Kier molecular flexibility index (Phi) is 5.13. The number of hydrogen-bond acceptors (Lipinski definition) is 4. The van der Waals surface area contributed by atoms with Crippen LogP contribution in [-0.4, -0.2) is 40.8 Å². The number of hydrogen-bond donors (Lipinski definition) is 2. The van der Waals surface area contributed by atoms with Gasteiger partial charge in [0.25, 0.3) is 5.91 Å². The number of aromatic nitrogens is 1. The number of carbonyl (C=O) groups is 2. The summed E-state index contributed by atoms with van der Waals surface area (Å²) in [4.78, 5) is 32.1. The molecule has 0 bridgehead atoms. The predicted molar refractivity (Wildman–Crippen MR) is 111 cm³/mol. The third-order valence-corrected chi connectivity index (χ3v) is 6.41. The lowest BCUT2D eigenvalue weighted by molar-refractivity contribution is -0.129. The first kappa shape index (κ1) is 19.6. The molecule has 29 heavy (non-hydrogen) atoms. The molecule has 2 amide bonds. The Bertz CT molecular complexity index is 914. The molecule has 6 nitrogen and oxygen atoms in total. The number of amides is 2. The minimum absolute atomic E-state index is 0.0140. The van der Waals surface area contributed by atoms with E-state index in [2.05, 4.69) is 22.4 Å². The number of likely N-dealkylation sites (tertiary alicyclic amines) is 1. The summed E-state index contributed by atoms with van der Waals surface area (Å²) in [6, 6.07) is 11.4. The molecule has 152 valence electrons. The van der Waals surface area contributed by atoms with Crippen LogP contribution in [0.25, 0.3) is 0 Å². The highest BCUT2D eigenvalue weighted by Crippen LogP contribution is 2.52. The SMILES string of the molecule is CC(C)NC(=O)[C@@H]1CN(C(=O)c2ccncc2)C[C@]12CCc1ccccc1C2N. The minimum atomic E-state index is -0.462. The topological polar surface area (TPSA) is 88.3 Å². The third-order valence-electron chi connectivity index (χ3n) is 6.41. The lowest BCUT2D eigenvalue weighted by Crippen LogP contribution is -2.50. The van der Waals surface area contributed by atoms with E-state index < -0.39 is 5.41 Å². The van der Waals surface area contributed by atoms with Crippen molar-refractivity contribution in [2.75, 3.05) is 13.1 Å². The Balaban J connectivity index is 1.70. The van der Waals surface area contributed by atoms with Gasteiger partial charge >= 0.3 is 0 Å². The molecule has 1 fully saturated rings. The van der Waals surface area contributed by atoms with Crippen LogP contribution < -0.4 is 11.1 Å². The van der Waals surface area contributed by atoms with Crippen LogP contribution in [0.3, 0.4) is 0 Å². The van der Waals surface area contributed by atoms with Gasteiger partial charge in [0.15, 0.2) is 0 Å². The van der Waals surface area contributed by atoms with Crippen LogP contribution in [0.2, 0.25) is 0 Å². The fourth-order valence-corrected chi connectivity index (χ4v) is 4.96. The number of carbonyl (C=O) groups excluding carboxylic acids is 2. The molecule has 1 aromatic heterocycles. The van der Waals surface area contributed by atoms with Crippen molar-refractivity contribution >= 4 is 11.8 Å². The molecular formula is C23H28N4O2. The van der Waals surface area contributed by atoms with Crippen LogP contribution in [0.4, 0.5) is 0 Å². The minimum Gasteiger partial charge on any atom is -0.354 e. The Labute approximate surface area is 171 Å². The van der Waals surface area contributed by atoms with E-state index in [0.717, 1.165) is 18.4 Å². The molecule has 3 atom stereocenters. The Morgan fingerprint density at radius 1 is 1.21 bits per heavy atom. The van der Waals surface area contributed by atoms with E-state index in [1.807, 2.05) is 26.0 Å². The molecule has 6 heteroatoms. The fraction of sp³-hybridized carbons (Fsp3) is 0.435. The van der Waals surface area contributed by atoms with Crippen LogP contribution >= 0.6 is 0 Å². The highest BCUT2D eigenvalue weighted by Gasteiger charge is 2.56. The van der Waals surface area contributed by atoms with Gasteiger partial charge in [-0.1, -0.05) is 24.3 Å². The lowest BCUT2D eigenvalue weighted by atomic mass is 9.62. The van der Waals surface area contributed by atoms with E-state index in [-0.39, 0.29) is 29.8 Å². The van der Waals surface area contributed by atoms with Crippen molar-refractivity contribution in [2.45, 2.75) is 38.8 Å². The molecule has 4 rings (SSSR count). The van der Waals surface area contributed by atoms with Gasteiger partial charge in [0.05, 0.1) is 5.92 Å². The number of rotatable bonds is 3. The van der Waals surface area contributed by atoms with Gasteiger partial charge in [0.2, 0.25) is 5.91 Å². The molecular weight excluding hydrogens is 364 g/mol. The second-order valence-corrected chi connectivity index (χ2v) is 8.55. The van der Waals surface area contributed by atoms with Gasteiger partial charge in [-0.05, 0) is 49.9 Å². The molecule has 2 aliphatic rings. The standard InChI is InChI=1S/C23H28N4O2/c1-15(2)26-21(28)19-13-27(22(29)17-8-11-25-12-9-17)14-23(19)10-7-16-5-3-4-6-18(16)20(23)24/h3-6,8-9,11-12,15,19-20H,7,10,13-14,24H2,1-2H3,(H,26,28)/t19-,20?,23+/m0/s1. The third kappa shape index (κ3) is 3.42. The zero-order valence-corrected chi connectivity index (χ0v) is 17.0. The lowest BCUT2D eigenvalue weighted by Gasteiger charge is -2.43. The van der Waals surface area contributed by atoms with Gasteiger partial charge in [-0.2, -0.15) is 0 Å². The van der Waals surface area contributed by atoms with Gasteiger partial charge < -0.3 is 16.0 Å². The highest BCUT2D eigenvalue weighted by molar-refractivity contribution is 5.95. The molecule has 2 heterocycles. The Hall–Kier alpha value is -2.73. The fourth-order valence-electron chi connectivity index (χ4n) is 4.96. The smallest absolute Gasteiger partial charge is 0.254 e. The first-order valence-corrected chi connectivity index (χ1v) is 10.3. The Morgan fingerprint density at radius 2 is 1.93 bits per heavy atom. The van der Waals surface area contributed by atoms with Crippen LogP contribution in [0.15, 0.2) is 48.8 Å². The average molecular weight is 393 g/mol. The van der Waals surface area contributed by atoms with E-state index in [0.29, 0.717) is 18.7 Å². The highest BCUT2D eigenvalue weighted by atomic mass is 16.2. The molecule has 0 radical (unpaired) electrons. The van der Waals surface area contributed by atoms with E-state index in [4.69, 9.17) is 5.73 Å². The predicted octanol–water partition coefficient (Wildman–Crippen LogP) is 2.31. The van der Waals surface area contributed by atoms with E-state index in [1.165, 1.54) is 5.56 Å². The first-order chi connectivity index (χ1) is 13.9. The van der Waals surface area contributed by atoms with Crippen molar-refractivity contribution in [3.05, 3.63) is 65.5 Å². The molecule has 1 saturated heterocycles. The van der Waals surface area contributed by atoms with Crippen LogP contribution in [-0.2, 0) is 11.2 Å². The van der Waals surface area contributed by atoms with Crippen molar-refractivity contribution in [1.82, 2.24) is 15.2 Å². The number of nitrogens with zero attached hydrogens (tertiary/aromatic N) is 2. The Morgan fingerprint density at radius 3 is 2.66 bits per heavy atom. The van der Waals surface area contributed by atoms with Crippen molar-refractivity contribution in [1.29, 1.82) is 0 Å². The van der Waals surface area contributed by atoms with Crippen molar-refractivity contribution < 1.29 is 9.59 Å². The number of aryl methyl sites for hydroxylation is 1. The average Bonchev–Trinajstić information content (AvgIpc) is 3.11. The van der Waals surface area contributed by atoms with Gasteiger partial charge in [-0.25, -0.2) is 0 Å². The summed E-state index contributed by atoms with van der Waals surface area (Å²) in [5.74, 6) is -0.420. The van der Waals surface area contributed by atoms with Gasteiger partial charge in [0, 0.05) is 48.5 Å². The van der Waals surface area contributed by atoms with Gasteiger partial charge in [-0.3, -0.25) is 14.6 Å². The molecule has 1 aliphatic carbocycles. The molecule has 3 N–H and O–H groups in total. The maximum Gasteiger partial charge on any atom is 0.254 e. The number of benzene rings is 1. The van der Waals surface area contributed by atoms with E-state index in [1.54, 1.807) is 29.4 Å². The zero-order chi connectivity index (χ0) is 20.6. The summed E-state index contributed by atoms with van der Waals surface area (Å²) in [7, 11) is 0. The second kappa shape index (κ2) is 7.59. The normalized spacial score (nSPS) is 25.9. The monoisotopic (exact) mass is 392 g/mol.